The fourth-order valence-corrected chi connectivity index (χ4v) is 2.33. The van der Waals surface area contributed by atoms with Gasteiger partial charge in [0.15, 0.2) is 9.84 Å². The first-order valence-electron chi connectivity index (χ1n) is 5.86. The minimum absolute atomic E-state index is 0.128. The molecule has 18 heavy (non-hydrogen) atoms. The van der Waals surface area contributed by atoms with E-state index >= 15 is 0 Å². The zero-order valence-corrected chi connectivity index (χ0v) is 12.2. The quantitative estimate of drug-likeness (QED) is 0.893. The third-order valence-corrected chi connectivity index (χ3v) is 5.33. The number of methoxy groups -OCH3 is 1. The van der Waals surface area contributed by atoms with Gasteiger partial charge in [0.1, 0.15) is 5.75 Å². The Balaban J connectivity index is 2.52. The lowest BCUT2D eigenvalue weighted by atomic mass is 10.3. The van der Waals surface area contributed by atoms with E-state index in [9.17, 15) is 8.42 Å². The average molecular weight is 271 g/mol. The molecule has 0 radical (unpaired) electrons. The van der Waals surface area contributed by atoms with Gasteiger partial charge < -0.3 is 10.1 Å². The Bertz CT molecular complexity index is 472. The van der Waals surface area contributed by atoms with Crippen molar-refractivity contribution in [3.63, 3.8) is 0 Å². The van der Waals surface area contributed by atoms with E-state index in [1.54, 1.807) is 27.9 Å². The lowest BCUT2D eigenvalue weighted by Crippen LogP contribution is -2.32. The van der Waals surface area contributed by atoms with Gasteiger partial charge in [0.25, 0.3) is 0 Å². The van der Waals surface area contributed by atoms with E-state index in [-0.39, 0.29) is 5.75 Å². The lowest BCUT2D eigenvalue weighted by molar-refractivity contribution is 0.415. The molecule has 0 aliphatic heterocycles. The molecule has 102 valence electrons. The highest BCUT2D eigenvalue weighted by molar-refractivity contribution is 7.92. The second-order valence-electron chi connectivity index (χ2n) is 5.09. The van der Waals surface area contributed by atoms with E-state index in [2.05, 4.69) is 5.32 Å². The summed E-state index contributed by atoms with van der Waals surface area (Å²) in [5.74, 6) is 0.908. The predicted octanol–water partition coefficient (Wildman–Crippen LogP) is 2.32. The molecule has 1 rings (SSSR count). The first kappa shape index (κ1) is 14.8. The molecular formula is C13H21NO3S. The molecule has 0 atom stereocenters. The number of ether oxygens (including phenoxy) is 1. The van der Waals surface area contributed by atoms with E-state index in [1.807, 2.05) is 24.3 Å². The van der Waals surface area contributed by atoms with Crippen molar-refractivity contribution in [3.8, 4) is 5.75 Å². The highest BCUT2D eigenvalue weighted by atomic mass is 32.2. The summed E-state index contributed by atoms with van der Waals surface area (Å²) in [6.45, 7) is 5.56. The van der Waals surface area contributed by atoms with Crippen molar-refractivity contribution >= 4 is 15.5 Å². The Morgan fingerprint density at radius 2 is 1.72 bits per heavy atom. The van der Waals surface area contributed by atoms with Gasteiger partial charge >= 0.3 is 0 Å². The van der Waals surface area contributed by atoms with Gasteiger partial charge in [-0.05, 0) is 45.0 Å². The molecule has 5 heteroatoms. The molecule has 0 heterocycles. The highest BCUT2D eigenvalue weighted by Crippen LogP contribution is 2.17. The summed E-state index contributed by atoms with van der Waals surface area (Å²) in [4.78, 5) is 0. The van der Waals surface area contributed by atoms with Crippen molar-refractivity contribution in [2.75, 3.05) is 24.7 Å². The maximum absolute atomic E-state index is 11.9. The van der Waals surface area contributed by atoms with Crippen molar-refractivity contribution in [1.29, 1.82) is 0 Å². The molecule has 0 saturated heterocycles. The molecule has 4 nitrogen and oxygen atoms in total. The van der Waals surface area contributed by atoms with Gasteiger partial charge in [-0.3, -0.25) is 0 Å². The van der Waals surface area contributed by atoms with E-state index in [0.717, 1.165) is 11.4 Å². The zero-order chi connectivity index (χ0) is 13.8. The SMILES string of the molecule is COc1ccc(NCCS(=O)(=O)C(C)(C)C)cc1. The molecule has 0 saturated carbocycles. The molecular weight excluding hydrogens is 250 g/mol. The average Bonchev–Trinajstić information content (AvgIpc) is 2.28. The summed E-state index contributed by atoms with van der Waals surface area (Å²) < 4.78 is 28.1. The van der Waals surface area contributed by atoms with Gasteiger partial charge in [-0.1, -0.05) is 0 Å². The summed E-state index contributed by atoms with van der Waals surface area (Å²) in [6.07, 6.45) is 0. The number of anilines is 1. The minimum atomic E-state index is -3.07. The monoisotopic (exact) mass is 271 g/mol. The Kier molecular flexibility index (Phi) is 4.62. The first-order valence-corrected chi connectivity index (χ1v) is 7.52. The molecule has 1 aromatic carbocycles. The molecule has 1 N–H and O–H groups in total. The van der Waals surface area contributed by atoms with Crippen LogP contribution in [0.2, 0.25) is 0 Å². The fourth-order valence-electron chi connectivity index (χ4n) is 1.34. The van der Waals surface area contributed by atoms with Crippen LogP contribution in [-0.4, -0.2) is 32.6 Å². The van der Waals surface area contributed by atoms with Crippen molar-refractivity contribution < 1.29 is 13.2 Å². The van der Waals surface area contributed by atoms with Crippen LogP contribution in [0.5, 0.6) is 5.75 Å². The van der Waals surface area contributed by atoms with Crippen molar-refractivity contribution in [3.05, 3.63) is 24.3 Å². The van der Waals surface area contributed by atoms with Crippen LogP contribution in [0.25, 0.3) is 0 Å². The smallest absolute Gasteiger partial charge is 0.156 e. The van der Waals surface area contributed by atoms with Crippen LogP contribution in [0.4, 0.5) is 5.69 Å². The maximum Gasteiger partial charge on any atom is 0.156 e. The second-order valence-corrected chi connectivity index (χ2v) is 7.95. The number of hydrogen-bond donors (Lipinski definition) is 1. The van der Waals surface area contributed by atoms with Crippen LogP contribution in [-0.2, 0) is 9.84 Å². The normalized spacial score (nSPS) is 12.2. The van der Waals surface area contributed by atoms with Crippen LogP contribution in [0, 0.1) is 0 Å². The van der Waals surface area contributed by atoms with Crippen LogP contribution < -0.4 is 10.1 Å². The van der Waals surface area contributed by atoms with Crippen molar-refractivity contribution in [2.45, 2.75) is 25.5 Å². The second kappa shape index (κ2) is 5.61. The molecule has 0 fully saturated rings. The van der Waals surface area contributed by atoms with Gasteiger partial charge in [0.05, 0.1) is 17.6 Å². The van der Waals surface area contributed by atoms with E-state index in [0.29, 0.717) is 6.54 Å². The number of sulfone groups is 1. The molecule has 0 aromatic heterocycles. The van der Waals surface area contributed by atoms with Gasteiger partial charge in [0.2, 0.25) is 0 Å². The van der Waals surface area contributed by atoms with Crippen LogP contribution in [0.15, 0.2) is 24.3 Å². The maximum atomic E-state index is 11.9. The van der Waals surface area contributed by atoms with Crippen LogP contribution in [0.1, 0.15) is 20.8 Å². The van der Waals surface area contributed by atoms with Gasteiger partial charge in [-0.15, -0.1) is 0 Å². The third-order valence-electron chi connectivity index (χ3n) is 2.72. The Labute approximate surface area is 109 Å². The number of rotatable bonds is 5. The molecule has 0 aliphatic carbocycles. The molecule has 1 aromatic rings. The van der Waals surface area contributed by atoms with E-state index in [1.165, 1.54) is 0 Å². The molecule has 0 unspecified atom stereocenters. The standard InChI is InChI=1S/C13H21NO3S/c1-13(2,3)18(15,16)10-9-14-11-5-7-12(17-4)8-6-11/h5-8,14H,9-10H2,1-4H3. The summed E-state index contributed by atoms with van der Waals surface area (Å²) in [6, 6.07) is 7.40. The summed E-state index contributed by atoms with van der Waals surface area (Å²) in [5, 5.41) is 3.09. The Morgan fingerprint density at radius 3 is 2.17 bits per heavy atom. The van der Waals surface area contributed by atoms with E-state index < -0.39 is 14.6 Å². The number of benzene rings is 1. The summed E-state index contributed by atoms with van der Waals surface area (Å²) >= 11 is 0. The summed E-state index contributed by atoms with van der Waals surface area (Å²) in [7, 11) is -1.46. The third kappa shape index (κ3) is 3.91. The van der Waals surface area contributed by atoms with Crippen molar-refractivity contribution in [1.82, 2.24) is 0 Å². The fraction of sp³-hybridized carbons (Fsp3) is 0.538. The Morgan fingerprint density at radius 1 is 1.17 bits per heavy atom. The number of hydrogen-bond acceptors (Lipinski definition) is 4. The van der Waals surface area contributed by atoms with Crippen LogP contribution in [0.3, 0.4) is 0 Å². The van der Waals surface area contributed by atoms with Crippen molar-refractivity contribution in [2.24, 2.45) is 0 Å². The largest absolute Gasteiger partial charge is 0.497 e. The van der Waals surface area contributed by atoms with Gasteiger partial charge in [0, 0.05) is 12.2 Å². The lowest BCUT2D eigenvalue weighted by Gasteiger charge is -2.19. The van der Waals surface area contributed by atoms with Gasteiger partial charge in [-0.2, -0.15) is 0 Å². The topological polar surface area (TPSA) is 55.4 Å². The zero-order valence-electron chi connectivity index (χ0n) is 11.4. The molecule has 0 bridgehead atoms. The molecule has 0 aliphatic rings. The highest BCUT2D eigenvalue weighted by Gasteiger charge is 2.28. The molecule has 0 spiro atoms. The predicted molar refractivity (Wildman–Crippen MR) is 75.0 cm³/mol. The minimum Gasteiger partial charge on any atom is -0.497 e. The van der Waals surface area contributed by atoms with Gasteiger partial charge in [-0.25, -0.2) is 8.42 Å². The summed E-state index contributed by atoms with van der Waals surface area (Å²) in [5.41, 5.74) is 0.889. The number of nitrogens with one attached hydrogen (secondary N) is 1. The van der Waals surface area contributed by atoms with Crippen LogP contribution >= 0.6 is 0 Å². The Hall–Kier alpha value is -1.23. The first-order chi connectivity index (χ1) is 8.26. The molecule has 0 amide bonds. The van der Waals surface area contributed by atoms with E-state index in [4.69, 9.17) is 4.74 Å².